The Balaban J connectivity index is 1.15. The van der Waals surface area contributed by atoms with Crippen molar-refractivity contribution in [3.63, 3.8) is 0 Å². The summed E-state index contributed by atoms with van der Waals surface area (Å²) < 4.78 is 91.0. The molecule has 1 saturated carbocycles. The van der Waals surface area contributed by atoms with Crippen LogP contribution in [0.5, 0.6) is 0 Å². The maximum absolute atomic E-state index is 14.4. The second kappa shape index (κ2) is 19.3. The number of carboxylic acids is 1. The van der Waals surface area contributed by atoms with Crippen LogP contribution in [-0.2, 0) is 41.4 Å². The number of alkyl halides is 6. The zero-order valence-corrected chi connectivity index (χ0v) is 34.6. The molecule has 3 N–H and O–H groups in total. The molecule has 2 aromatic rings. The van der Waals surface area contributed by atoms with Gasteiger partial charge in [-0.25, -0.2) is 0 Å². The average Bonchev–Trinajstić information content (AvgIpc) is 3.84. The Morgan fingerprint density at radius 1 is 0.984 bits per heavy atom. The highest BCUT2D eigenvalue weighted by Gasteiger charge is 2.59. The van der Waals surface area contributed by atoms with Crippen molar-refractivity contribution in [3.8, 4) is 0 Å². The third kappa shape index (κ3) is 12.3. The molecule has 5 heterocycles. The molecule has 0 radical (unpaired) electrons. The quantitative estimate of drug-likeness (QED) is 0.127. The van der Waals surface area contributed by atoms with Crippen molar-refractivity contribution >= 4 is 29.6 Å². The Hall–Kier alpha value is -4.72. The average molecular weight is 885 g/mol. The highest BCUT2D eigenvalue weighted by molar-refractivity contribution is 5.95. The van der Waals surface area contributed by atoms with Crippen LogP contribution in [-0.4, -0.2) is 125 Å². The lowest BCUT2D eigenvalue weighted by atomic mass is 9.71. The van der Waals surface area contributed by atoms with Gasteiger partial charge >= 0.3 is 18.3 Å². The van der Waals surface area contributed by atoms with Crippen LogP contribution in [0.15, 0.2) is 36.7 Å². The topological polar surface area (TPSA) is 172 Å². The number of unbranched alkanes of at least 4 members (excludes halogenated alkanes) is 1. The lowest BCUT2D eigenvalue weighted by Gasteiger charge is -2.50. The Morgan fingerprint density at radius 2 is 1.68 bits per heavy atom. The monoisotopic (exact) mass is 884 g/mol. The van der Waals surface area contributed by atoms with Gasteiger partial charge in [0, 0.05) is 75.1 Å². The standard InChI is InChI=1S/C42H54F6N6O8/c1-27(61-25-39-13-9-32(10-14-39)62-26-39)16-31(17-34(55)49-15-11-36(57)58)51-37(59)33-21-52(22-40(33)23-53(24-40)35(56)4-2-3-12-41(43,44)45)38(60)29-18-50-54(20-29)19-28-5-7-30(8-6-28)42(46,47)48/h5-8,18,20,27,31-33H,2-4,9-17,19,21-26H2,1H3,(H,49,55)(H,51,59)(H,57,58)/t27-,31?,32?,33+,39?/m1/s1. The third-order valence-corrected chi connectivity index (χ3v) is 12.6. The smallest absolute Gasteiger partial charge is 0.416 e. The van der Waals surface area contributed by atoms with Crippen LogP contribution in [0.2, 0.25) is 0 Å². The number of nitrogens with zero attached hydrogens (tertiary/aromatic N) is 4. The number of hydrogen-bond donors (Lipinski definition) is 3. The third-order valence-electron chi connectivity index (χ3n) is 12.6. The highest BCUT2D eigenvalue weighted by Crippen LogP contribution is 2.46. The van der Waals surface area contributed by atoms with Gasteiger partial charge in [-0.1, -0.05) is 12.1 Å². The first kappa shape index (κ1) is 46.8. The van der Waals surface area contributed by atoms with E-state index >= 15 is 0 Å². The fourth-order valence-electron chi connectivity index (χ4n) is 9.07. The Labute approximate surface area is 355 Å². The number of aromatic nitrogens is 2. The molecule has 4 amide bonds. The molecular weight excluding hydrogens is 830 g/mol. The van der Waals surface area contributed by atoms with Gasteiger partial charge in [0.2, 0.25) is 17.7 Å². The maximum Gasteiger partial charge on any atom is 0.416 e. The molecule has 20 heteroatoms. The number of amides is 4. The Bertz CT molecular complexity index is 1900. The number of ether oxygens (including phenoxy) is 2. The van der Waals surface area contributed by atoms with E-state index < -0.39 is 71.5 Å². The molecule has 1 aliphatic carbocycles. The zero-order valence-electron chi connectivity index (χ0n) is 34.6. The van der Waals surface area contributed by atoms with E-state index in [2.05, 4.69) is 15.7 Å². The van der Waals surface area contributed by atoms with E-state index in [1.54, 1.807) is 0 Å². The number of aliphatic carboxylic acids is 1. The predicted octanol–water partition coefficient (Wildman–Crippen LogP) is 5.19. The van der Waals surface area contributed by atoms with Crippen molar-refractivity contribution < 1.29 is 64.9 Å². The summed E-state index contributed by atoms with van der Waals surface area (Å²) in [6.45, 7) is 2.94. The molecule has 4 saturated heterocycles. The number of carbonyl (C=O) groups is 5. The molecule has 1 aromatic carbocycles. The summed E-state index contributed by atoms with van der Waals surface area (Å²) in [4.78, 5) is 68.5. The van der Waals surface area contributed by atoms with Crippen molar-refractivity contribution in [1.29, 1.82) is 0 Å². The number of hydrogen-bond acceptors (Lipinski definition) is 8. The van der Waals surface area contributed by atoms with Gasteiger partial charge in [0.25, 0.3) is 5.91 Å². The van der Waals surface area contributed by atoms with Gasteiger partial charge in [0.1, 0.15) is 0 Å². The van der Waals surface area contributed by atoms with Crippen molar-refractivity contribution in [1.82, 2.24) is 30.2 Å². The van der Waals surface area contributed by atoms with Crippen molar-refractivity contribution in [2.45, 2.75) is 115 Å². The van der Waals surface area contributed by atoms with Gasteiger partial charge in [-0.2, -0.15) is 31.4 Å². The summed E-state index contributed by atoms with van der Waals surface area (Å²) in [6.07, 6.45) is -3.92. The summed E-state index contributed by atoms with van der Waals surface area (Å²) in [5.41, 5.74) is -1.17. The molecule has 14 nitrogen and oxygen atoms in total. The highest BCUT2D eigenvalue weighted by atomic mass is 19.4. The van der Waals surface area contributed by atoms with E-state index in [4.69, 9.17) is 14.6 Å². The molecule has 2 bridgehead atoms. The second-order valence-electron chi connectivity index (χ2n) is 17.6. The first-order valence-corrected chi connectivity index (χ1v) is 21.1. The van der Waals surface area contributed by atoms with Gasteiger partial charge in [0.05, 0.1) is 61.6 Å². The zero-order chi connectivity index (χ0) is 44.9. The fourth-order valence-corrected chi connectivity index (χ4v) is 9.07. The number of likely N-dealkylation sites (tertiary alicyclic amines) is 2. The molecule has 5 fully saturated rings. The molecular formula is C42H54F6N6O8. The number of halogens is 6. The molecule has 1 aromatic heterocycles. The van der Waals surface area contributed by atoms with Gasteiger partial charge in [-0.05, 0) is 69.6 Å². The fraction of sp³-hybridized carbons (Fsp3) is 0.667. The summed E-state index contributed by atoms with van der Waals surface area (Å²) >= 11 is 0. The number of carbonyl (C=O) groups excluding carboxylic acids is 4. The molecule has 342 valence electrons. The predicted molar refractivity (Wildman–Crippen MR) is 208 cm³/mol. The number of fused-ring (bicyclic) bond motifs is 3. The number of benzene rings is 1. The minimum Gasteiger partial charge on any atom is -0.481 e. The van der Waals surface area contributed by atoms with E-state index in [0.29, 0.717) is 18.8 Å². The maximum atomic E-state index is 14.4. The molecule has 1 spiro atoms. The summed E-state index contributed by atoms with van der Waals surface area (Å²) in [5.74, 6) is -3.78. The van der Waals surface area contributed by atoms with Crippen LogP contribution in [0.4, 0.5) is 26.3 Å². The van der Waals surface area contributed by atoms with Crippen LogP contribution < -0.4 is 10.6 Å². The van der Waals surface area contributed by atoms with Crippen LogP contribution in [0.25, 0.3) is 0 Å². The van der Waals surface area contributed by atoms with Crippen LogP contribution in [0.3, 0.4) is 0 Å². The Morgan fingerprint density at radius 3 is 2.31 bits per heavy atom. The minimum absolute atomic E-state index is 0.0258. The van der Waals surface area contributed by atoms with E-state index in [1.165, 1.54) is 39.0 Å². The number of nitrogens with one attached hydrogen (secondary N) is 2. The van der Waals surface area contributed by atoms with Crippen molar-refractivity contribution in [2.75, 3.05) is 45.9 Å². The van der Waals surface area contributed by atoms with Crippen LogP contribution >= 0.6 is 0 Å². The lowest BCUT2D eigenvalue weighted by molar-refractivity contribution is -0.152. The molecule has 3 atom stereocenters. The first-order valence-electron chi connectivity index (χ1n) is 21.1. The molecule has 7 rings (SSSR count). The molecule has 1 unspecified atom stereocenters. The van der Waals surface area contributed by atoms with Crippen molar-refractivity contribution in [2.24, 2.45) is 16.7 Å². The van der Waals surface area contributed by atoms with E-state index in [0.717, 1.165) is 37.8 Å². The van der Waals surface area contributed by atoms with Gasteiger partial charge in [0.15, 0.2) is 0 Å². The Kier molecular flexibility index (Phi) is 14.6. The van der Waals surface area contributed by atoms with Crippen molar-refractivity contribution in [3.05, 3.63) is 53.3 Å². The van der Waals surface area contributed by atoms with Gasteiger partial charge in [-0.3, -0.25) is 28.7 Å². The summed E-state index contributed by atoms with van der Waals surface area (Å²) in [7, 11) is 0. The first-order chi connectivity index (χ1) is 29.2. The number of carboxylic acid groups (broad SMARTS) is 1. The molecule has 4 aliphatic heterocycles. The van der Waals surface area contributed by atoms with Gasteiger partial charge < -0.3 is 35.0 Å². The molecule has 62 heavy (non-hydrogen) atoms. The van der Waals surface area contributed by atoms with Gasteiger partial charge in [-0.15, -0.1) is 0 Å². The normalized spacial score (nSPS) is 22.9. The van der Waals surface area contributed by atoms with Crippen LogP contribution in [0.1, 0.15) is 99.0 Å². The van der Waals surface area contributed by atoms with Crippen LogP contribution in [0, 0.1) is 16.7 Å². The second-order valence-corrected chi connectivity index (χ2v) is 17.6. The summed E-state index contributed by atoms with van der Waals surface area (Å²) in [5, 5.41) is 18.9. The van der Waals surface area contributed by atoms with E-state index in [1.807, 2.05) is 6.92 Å². The summed E-state index contributed by atoms with van der Waals surface area (Å²) in [6, 6.07) is 3.77. The lowest BCUT2D eigenvalue weighted by Crippen LogP contribution is -2.64. The minimum atomic E-state index is -4.50. The van der Waals surface area contributed by atoms with E-state index in [-0.39, 0.29) is 101 Å². The SMILES string of the molecule is C[C@H](CC(CC(=O)NCCC(=O)O)NC(=O)[C@@H]1CN(C(=O)c2cnn(Cc3ccc(C(F)(F)F)cc3)c2)CC12CN(C(=O)CCCCC(F)(F)F)C2)OCC12CCC(CC1)OC2. The molecule has 5 aliphatic rings. The number of rotatable bonds is 19. The van der Waals surface area contributed by atoms with E-state index in [9.17, 15) is 50.3 Å². The largest absolute Gasteiger partial charge is 0.481 e.